The Labute approximate surface area is 185 Å². The maximum Gasteiger partial charge on any atom is 0.338 e. The number of nitrogens with one attached hydrogen (secondary N) is 1. The van der Waals surface area contributed by atoms with Crippen LogP contribution in [-0.2, 0) is 14.8 Å². The lowest BCUT2D eigenvalue weighted by Gasteiger charge is -2.20. The van der Waals surface area contributed by atoms with Crippen LogP contribution in [0.5, 0.6) is 0 Å². The lowest BCUT2D eigenvalue weighted by Crippen LogP contribution is -2.28. The van der Waals surface area contributed by atoms with E-state index in [1.807, 2.05) is 13.0 Å². The van der Waals surface area contributed by atoms with Gasteiger partial charge in [0, 0.05) is 12.7 Å². The lowest BCUT2D eigenvalue weighted by molar-refractivity contribution is 0.0526. The van der Waals surface area contributed by atoms with Crippen molar-refractivity contribution in [3.63, 3.8) is 0 Å². The van der Waals surface area contributed by atoms with Crippen molar-refractivity contribution in [1.29, 1.82) is 0 Å². The SMILES string of the molecule is CCOC(=O)c1cccc(NC(=O)c2sccc2S(=O)(=O)N(C)c2cccc(C)c2)c1. The summed E-state index contributed by atoms with van der Waals surface area (Å²) in [5.74, 6) is -1.08. The van der Waals surface area contributed by atoms with Gasteiger partial charge in [0.05, 0.1) is 17.9 Å². The minimum Gasteiger partial charge on any atom is -0.462 e. The summed E-state index contributed by atoms with van der Waals surface area (Å²) in [4.78, 5) is 24.7. The molecular weight excluding hydrogens is 436 g/mol. The third-order valence-electron chi connectivity index (χ3n) is 4.47. The summed E-state index contributed by atoms with van der Waals surface area (Å²) in [5, 5.41) is 4.22. The average Bonchev–Trinajstić information content (AvgIpc) is 3.24. The van der Waals surface area contributed by atoms with Crippen molar-refractivity contribution in [3.05, 3.63) is 76.0 Å². The first kappa shape index (κ1) is 22.5. The van der Waals surface area contributed by atoms with Crippen molar-refractivity contribution in [2.75, 3.05) is 23.3 Å². The Balaban J connectivity index is 1.87. The van der Waals surface area contributed by atoms with E-state index < -0.39 is 21.9 Å². The van der Waals surface area contributed by atoms with Crippen LogP contribution in [0.3, 0.4) is 0 Å². The molecule has 1 aromatic heterocycles. The molecule has 0 fully saturated rings. The first-order valence-electron chi connectivity index (χ1n) is 9.45. The molecule has 0 aliphatic carbocycles. The van der Waals surface area contributed by atoms with E-state index in [0.29, 0.717) is 11.4 Å². The standard InChI is InChI=1S/C22H22N2O5S2/c1-4-29-22(26)16-8-6-9-17(14-16)23-21(25)20-19(11-12-30-20)31(27,28)24(3)18-10-5-7-15(2)13-18/h5-14H,4H2,1-3H3,(H,23,25). The number of sulfonamides is 1. The van der Waals surface area contributed by atoms with Gasteiger partial charge in [-0.15, -0.1) is 11.3 Å². The normalized spacial score (nSPS) is 11.1. The van der Waals surface area contributed by atoms with E-state index >= 15 is 0 Å². The number of carbonyl (C=O) groups excluding carboxylic acids is 2. The smallest absolute Gasteiger partial charge is 0.338 e. The van der Waals surface area contributed by atoms with E-state index in [2.05, 4.69) is 5.32 Å². The van der Waals surface area contributed by atoms with Gasteiger partial charge in [0.2, 0.25) is 0 Å². The number of hydrogen-bond acceptors (Lipinski definition) is 6. The maximum absolute atomic E-state index is 13.2. The number of nitrogens with zero attached hydrogens (tertiary/aromatic N) is 1. The summed E-state index contributed by atoms with van der Waals surface area (Å²) in [5.41, 5.74) is 2.07. The predicted molar refractivity (Wildman–Crippen MR) is 121 cm³/mol. The molecule has 9 heteroatoms. The summed E-state index contributed by atoms with van der Waals surface area (Å²) in [6.07, 6.45) is 0. The van der Waals surface area contributed by atoms with E-state index in [1.54, 1.807) is 48.7 Å². The Kier molecular flexibility index (Phi) is 6.77. The van der Waals surface area contributed by atoms with Gasteiger partial charge in [-0.3, -0.25) is 9.10 Å². The van der Waals surface area contributed by atoms with Crippen LogP contribution in [0.4, 0.5) is 11.4 Å². The highest BCUT2D eigenvalue weighted by molar-refractivity contribution is 7.93. The second-order valence-corrected chi connectivity index (χ2v) is 9.53. The number of anilines is 2. The molecule has 1 N–H and O–H groups in total. The van der Waals surface area contributed by atoms with E-state index in [-0.39, 0.29) is 21.9 Å². The van der Waals surface area contributed by atoms with Crippen LogP contribution in [0.15, 0.2) is 64.9 Å². The van der Waals surface area contributed by atoms with Crippen LogP contribution in [0.25, 0.3) is 0 Å². The molecular formula is C22H22N2O5S2. The fraction of sp³-hybridized carbons (Fsp3) is 0.182. The minimum atomic E-state index is -3.95. The largest absolute Gasteiger partial charge is 0.462 e. The fourth-order valence-corrected chi connectivity index (χ4v) is 5.38. The molecule has 0 radical (unpaired) electrons. The van der Waals surface area contributed by atoms with Crippen LogP contribution in [0.1, 0.15) is 32.5 Å². The van der Waals surface area contributed by atoms with Gasteiger partial charge in [0.15, 0.2) is 0 Å². The number of hydrogen-bond donors (Lipinski definition) is 1. The Hall–Kier alpha value is -3.17. The zero-order chi connectivity index (χ0) is 22.6. The number of benzene rings is 2. The number of carbonyl (C=O) groups is 2. The maximum atomic E-state index is 13.2. The van der Waals surface area contributed by atoms with Crippen molar-refractivity contribution < 1.29 is 22.7 Å². The van der Waals surface area contributed by atoms with Gasteiger partial charge in [-0.25, -0.2) is 13.2 Å². The van der Waals surface area contributed by atoms with Gasteiger partial charge >= 0.3 is 5.97 Å². The highest BCUT2D eigenvalue weighted by Crippen LogP contribution is 2.29. The molecule has 2 aromatic carbocycles. The molecule has 3 aromatic rings. The van der Waals surface area contributed by atoms with E-state index in [9.17, 15) is 18.0 Å². The summed E-state index contributed by atoms with van der Waals surface area (Å²) in [6, 6.07) is 14.8. The molecule has 31 heavy (non-hydrogen) atoms. The topological polar surface area (TPSA) is 92.8 Å². The Morgan fingerprint density at radius 2 is 1.84 bits per heavy atom. The van der Waals surface area contributed by atoms with Crippen LogP contribution in [0, 0.1) is 6.92 Å². The summed E-state index contributed by atoms with van der Waals surface area (Å²) in [7, 11) is -2.50. The molecule has 3 rings (SSSR count). The molecule has 0 saturated heterocycles. The Morgan fingerprint density at radius 3 is 2.55 bits per heavy atom. The lowest BCUT2D eigenvalue weighted by atomic mass is 10.2. The van der Waals surface area contributed by atoms with Gasteiger partial charge in [-0.1, -0.05) is 18.2 Å². The van der Waals surface area contributed by atoms with Crippen molar-refractivity contribution in [2.45, 2.75) is 18.7 Å². The molecule has 1 heterocycles. The minimum absolute atomic E-state index is 0.0565. The number of ether oxygens (including phenoxy) is 1. The van der Waals surface area contributed by atoms with Crippen LogP contribution < -0.4 is 9.62 Å². The molecule has 0 unspecified atom stereocenters. The molecule has 0 bridgehead atoms. The summed E-state index contributed by atoms with van der Waals surface area (Å²) >= 11 is 1.03. The summed E-state index contributed by atoms with van der Waals surface area (Å²) in [6.45, 7) is 3.81. The molecule has 0 atom stereocenters. The molecule has 0 spiro atoms. The second-order valence-electron chi connectivity index (χ2n) is 6.68. The first-order chi connectivity index (χ1) is 14.7. The van der Waals surface area contributed by atoms with E-state index in [0.717, 1.165) is 21.2 Å². The van der Waals surface area contributed by atoms with Crippen LogP contribution >= 0.6 is 11.3 Å². The number of esters is 1. The monoisotopic (exact) mass is 458 g/mol. The van der Waals surface area contributed by atoms with Gasteiger partial charge in [-0.2, -0.15) is 0 Å². The van der Waals surface area contributed by atoms with Gasteiger partial charge in [0.1, 0.15) is 9.77 Å². The third kappa shape index (κ3) is 4.95. The zero-order valence-corrected chi connectivity index (χ0v) is 18.9. The Bertz CT molecular complexity index is 1220. The zero-order valence-electron chi connectivity index (χ0n) is 17.3. The van der Waals surface area contributed by atoms with Crippen molar-refractivity contribution >= 4 is 44.6 Å². The highest BCUT2D eigenvalue weighted by atomic mass is 32.2. The molecule has 162 valence electrons. The molecule has 1 amide bonds. The molecule has 0 aliphatic heterocycles. The molecule has 0 saturated carbocycles. The fourth-order valence-electron chi connectivity index (χ4n) is 2.90. The first-order valence-corrected chi connectivity index (χ1v) is 11.8. The van der Waals surface area contributed by atoms with Gasteiger partial charge in [-0.05, 0) is 61.2 Å². The quantitative estimate of drug-likeness (QED) is 0.533. The average molecular weight is 459 g/mol. The van der Waals surface area contributed by atoms with Gasteiger partial charge in [0.25, 0.3) is 15.9 Å². The predicted octanol–water partition coefficient (Wildman–Crippen LogP) is 4.31. The van der Waals surface area contributed by atoms with Crippen LogP contribution in [-0.4, -0.2) is 33.9 Å². The summed E-state index contributed by atoms with van der Waals surface area (Å²) < 4.78 is 32.5. The third-order valence-corrected chi connectivity index (χ3v) is 7.34. The van der Waals surface area contributed by atoms with Gasteiger partial charge < -0.3 is 10.1 Å². The van der Waals surface area contributed by atoms with Crippen molar-refractivity contribution in [3.8, 4) is 0 Å². The highest BCUT2D eigenvalue weighted by Gasteiger charge is 2.28. The van der Waals surface area contributed by atoms with Crippen molar-refractivity contribution in [2.24, 2.45) is 0 Å². The number of amides is 1. The van der Waals surface area contributed by atoms with Crippen LogP contribution in [0.2, 0.25) is 0 Å². The molecule has 0 aliphatic rings. The van der Waals surface area contributed by atoms with E-state index in [4.69, 9.17) is 4.74 Å². The Morgan fingerprint density at radius 1 is 1.10 bits per heavy atom. The second kappa shape index (κ2) is 9.32. The number of aryl methyl sites for hydroxylation is 1. The number of thiophene rings is 1. The van der Waals surface area contributed by atoms with Crippen molar-refractivity contribution in [1.82, 2.24) is 0 Å². The number of rotatable bonds is 7. The molecule has 7 nitrogen and oxygen atoms in total. The van der Waals surface area contributed by atoms with E-state index in [1.165, 1.54) is 19.2 Å².